The lowest BCUT2D eigenvalue weighted by molar-refractivity contribution is -0.128. The molecule has 1 unspecified atom stereocenters. The van der Waals surface area contributed by atoms with Crippen LogP contribution in [0.15, 0.2) is 41.0 Å². The van der Waals surface area contributed by atoms with Crippen molar-refractivity contribution in [2.24, 2.45) is 0 Å². The summed E-state index contributed by atoms with van der Waals surface area (Å²) in [6.07, 6.45) is 1.61. The van der Waals surface area contributed by atoms with Gasteiger partial charge in [0, 0.05) is 10.0 Å². The molecule has 1 aromatic heterocycles. The van der Waals surface area contributed by atoms with E-state index in [1.165, 1.54) is 0 Å². The average molecular weight is 328 g/mol. The highest BCUT2D eigenvalue weighted by Crippen LogP contribution is 2.41. The molecule has 104 valence electrons. The third-order valence-electron chi connectivity index (χ3n) is 3.04. The molecule has 1 amide bonds. The van der Waals surface area contributed by atoms with Crippen molar-refractivity contribution in [2.75, 3.05) is 5.75 Å². The highest BCUT2D eigenvalue weighted by molar-refractivity contribution is 8.00. The van der Waals surface area contributed by atoms with Gasteiger partial charge >= 0.3 is 0 Å². The van der Waals surface area contributed by atoms with E-state index in [2.05, 4.69) is 0 Å². The SMILES string of the molecule is O=C1CSC(c2cc(Cl)cc(Cl)c2)N1Cc1ccco1. The maximum Gasteiger partial charge on any atom is 0.234 e. The Hall–Kier alpha value is -1.10. The minimum atomic E-state index is -0.0798. The third kappa shape index (κ3) is 2.82. The molecule has 0 N–H and O–H groups in total. The summed E-state index contributed by atoms with van der Waals surface area (Å²) in [4.78, 5) is 13.8. The Morgan fingerprint density at radius 3 is 2.70 bits per heavy atom. The van der Waals surface area contributed by atoms with Gasteiger partial charge < -0.3 is 9.32 Å². The number of carbonyl (C=O) groups excluding carboxylic acids is 1. The molecule has 0 saturated carbocycles. The lowest BCUT2D eigenvalue weighted by atomic mass is 10.2. The van der Waals surface area contributed by atoms with Gasteiger partial charge in [0.2, 0.25) is 5.91 Å². The number of hydrogen-bond acceptors (Lipinski definition) is 3. The molecule has 6 heteroatoms. The van der Waals surface area contributed by atoms with Crippen molar-refractivity contribution in [2.45, 2.75) is 11.9 Å². The lowest BCUT2D eigenvalue weighted by Crippen LogP contribution is -2.27. The quantitative estimate of drug-likeness (QED) is 0.839. The van der Waals surface area contributed by atoms with Crippen LogP contribution >= 0.6 is 35.0 Å². The van der Waals surface area contributed by atoms with E-state index in [0.29, 0.717) is 22.3 Å². The van der Waals surface area contributed by atoms with Crippen LogP contribution in [0.5, 0.6) is 0 Å². The van der Waals surface area contributed by atoms with Crippen molar-refractivity contribution in [3.63, 3.8) is 0 Å². The number of rotatable bonds is 3. The van der Waals surface area contributed by atoms with Crippen LogP contribution in [0.2, 0.25) is 10.0 Å². The Morgan fingerprint density at radius 1 is 1.30 bits per heavy atom. The van der Waals surface area contributed by atoms with Crippen LogP contribution < -0.4 is 0 Å². The summed E-state index contributed by atoms with van der Waals surface area (Å²) in [7, 11) is 0. The summed E-state index contributed by atoms with van der Waals surface area (Å²) >= 11 is 13.6. The van der Waals surface area contributed by atoms with Gasteiger partial charge in [-0.25, -0.2) is 0 Å². The van der Waals surface area contributed by atoms with Crippen LogP contribution in [-0.4, -0.2) is 16.6 Å². The van der Waals surface area contributed by atoms with Gasteiger partial charge in [0.15, 0.2) is 0 Å². The molecule has 3 rings (SSSR count). The molecule has 1 aliphatic rings. The molecule has 3 nitrogen and oxygen atoms in total. The first kappa shape index (κ1) is 13.9. The Kier molecular flexibility index (Phi) is 3.96. The van der Waals surface area contributed by atoms with Crippen molar-refractivity contribution in [3.05, 3.63) is 58.0 Å². The van der Waals surface area contributed by atoms with E-state index in [1.807, 2.05) is 24.3 Å². The molecule has 1 aliphatic heterocycles. The molecule has 1 aromatic carbocycles. The van der Waals surface area contributed by atoms with Crippen molar-refractivity contribution in [1.82, 2.24) is 4.90 Å². The van der Waals surface area contributed by atoms with Crippen molar-refractivity contribution in [1.29, 1.82) is 0 Å². The fourth-order valence-electron chi connectivity index (χ4n) is 2.19. The summed E-state index contributed by atoms with van der Waals surface area (Å²) in [5, 5.41) is 1.07. The zero-order valence-electron chi connectivity index (χ0n) is 10.4. The minimum Gasteiger partial charge on any atom is -0.467 e. The van der Waals surface area contributed by atoms with E-state index in [9.17, 15) is 4.79 Å². The molecule has 0 bridgehead atoms. The molecule has 2 heterocycles. The van der Waals surface area contributed by atoms with Gasteiger partial charge in [0.25, 0.3) is 0 Å². The van der Waals surface area contributed by atoms with Crippen molar-refractivity contribution in [3.8, 4) is 0 Å². The molecule has 0 spiro atoms. The van der Waals surface area contributed by atoms with Gasteiger partial charge in [0.1, 0.15) is 11.1 Å². The number of halogens is 2. The highest BCUT2D eigenvalue weighted by Gasteiger charge is 2.33. The molecule has 1 saturated heterocycles. The summed E-state index contributed by atoms with van der Waals surface area (Å²) in [6, 6.07) is 9.05. The van der Waals surface area contributed by atoms with Crippen molar-refractivity contribution >= 4 is 40.9 Å². The second kappa shape index (κ2) is 5.72. The molecule has 1 atom stereocenters. The van der Waals surface area contributed by atoms with Crippen LogP contribution in [0, 0.1) is 0 Å². The Labute approximate surface area is 130 Å². The first-order chi connectivity index (χ1) is 9.63. The standard InChI is InChI=1S/C14H11Cl2NO2S/c15-10-4-9(5-11(16)6-10)14-17(13(18)8-20-14)7-12-2-1-3-19-12/h1-6,14H,7-8H2. The predicted octanol–water partition coefficient (Wildman–Crippen LogP) is 4.36. The molecule has 1 fully saturated rings. The smallest absolute Gasteiger partial charge is 0.234 e. The number of nitrogens with zero attached hydrogens (tertiary/aromatic N) is 1. The van der Waals surface area contributed by atoms with Gasteiger partial charge in [-0.1, -0.05) is 23.2 Å². The van der Waals surface area contributed by atoms with Gasteiger partial charge in [-0.2, -0.15) is 0 Å². The second-order valence-corrected chi connectivity index (χ2v) is 6.41. The largest absolute Gasteiger partial charge is 0.467 e. The maximum absolute atomic E-state index is 12.1. The molecule has 2 aromatic rings. The number of hydrogen-bond donors (Lipinski definition) is 0. The summed E-state index contributed by atoms with van der Waals surface area (Å²) < 4.78 is 5.32. The Bertz CT molecular complexity index is 610. The Balaban J connectivity index is 1.89. The third-order valence-corrected chi connectivity index (χ3v) is 4.74. The van der Waals surface area contributed by atoms with E-state index in [1.54, 1.807) is 29.0 Å². The number of furan rings is 1. The zero-order valence-corrected chi connectivity index (χ0v) is 12.7. The van der Waals surface area contributed by atoms with E-state index >= 15 is 0 Å². The van der Waals surface area contributed by atoms with Crippen LogP contribution in [0.3, 0.4) is 0 Å². The Morgan fingerprint density at radius 2 is 2.05 bits per heavy atom. The fourth-order valence-corrected chi connectivity index (χ4v) is 3.90. The first-order valence-corrected chi connectivity index (χ1v) is 7.83. The average Bonchev–Trinajstić information content (AvgIpc) is 3.00. The normalized spacial score (nSPS) is 18.8. The molecule has 0 aliphatic carbocycles. The second-order valence-electron chi connectivity index (χ2n) is 4.47. The van der Waals surface area contributed by atoms with Gasteiger partial charge in [-0.3, -0.25) is 4.79 Å². The van der Waals surface area contributed by atoms with Crippen LogP contribution in [0.1, 0.15) is 16.7 Å². The number of benzene rings is 1. The van der Waals surface area contributed by atoms with Crippen LogP contribution in [0.25, 0.3) is 0 Å². The van der Waals surface area contributed by atoms with Crippen LogP contribution in [-0.2, 0) is 11.3 Å². The van der Waals surface area contributed by atoms with Crippen LogP contribution in [0.4, 0.5) is 0 Å². The highest BCUT2D eigenvalue weighted by atomic mass is 35.5. The summed E-state index contributed by atoms with van der Waals surface area (Å²) in [6.45, 7) is 0.452. The monoisotopic (exact) mass is 327 g/mol. The fraction of sp³-hybridized carbons (Fsp3) is 0.214. The van der Waals surface area contributed by atoms with E-state index in [0.717, 1.165) is 11.3 Å². The maximum atomic E-state index is 12.1. The molecule has 20 heavy (non-hydrogen) atoms. The first-order valence-electron chi connectivity index (χ1n) is 6.03. The molecular formula is C14H11Cl2NO2S. The minimum absolute atomic E-state index is 0.0798. The van der Waals surface area contributed by atoms with Gasteiger partial charge in [0.05, 0.1) is 18.6 Å². The molecular weight excluding hydrogens is 317 g/mol. The molecule has 0 radical (unpaired) electrons. The van der Waals surface area contributed by atoms with E-state index in [-0.39, 0.29) is 11.3 Å². The lowest BCUT2D eigenvalue weighted by Gasteiger charge is -2.23. The summed E-state index contributed by atoms with van der Waals surface area (Å²) in [5.41, 5.74) is 0.935. The van der Waals surface area contributed by atoms with E-state index < -0.39 is 0 Å². The van der Waals surface area contributed by atoms with Gasteiger partial charge in [-0.05, 0) is 35.9 Å². The number of thioether (sulfide) groups is 1. The summed E-state index contributed by atoms with van der Waals surface area (Å²) in [5.74, 6) is 1.31. The zero-order chi connectivity index (χ0) is 14.1. The topological polar surface area (TPSA) is 33.5 Å². The van der Waals surface area contributed by atoms with E-state index in [4.69, 9.17) is 27.6 Å². The predicted molar refractivity (Wildman–Crippen MR) is 80.9 cm³/mol. The van der Waals surface area contributed by atoms with Crippen molar-refractivity contribution < 1.29 is 9.21 Å². The number of carbonyl (C=O) groups is 1. The van der Waals surface area contributed by atoms with Gasteiger partial charge in [-0.15, -0.1) is 11.8 Å². The number of amides is 1.